The molecule has 11 heteroatoms. The van der Waals surface area contributed by atoms with Gasteiger partial charge in [-0.05, 0) is 31.2 Å². The Kier molecular flexibility index (Phi) is 4.92. The number of amides is 2. The molecule has 0 saturated carbocycles. The van der Waals surface area contributed by atoms with Crippen LogP contribution in [-0.2, 0) is 19.6 Å². The predicted octanol–water partition coefficient (Wildman–Crippen LogP) is 0.514. The first-order valence-electron chi connectivity index (χ1n) is 9.14. The molecule has 1 saturated heterocycles. The van der Waals surface area contributed by atoms with E-state index in [9.17, 15) is 18.0 Å². The molecule has 1 aromatic carbocycles. The molecule has 0 bridgehead atoms. The molecule has 1 atom stereocenters. The Morgan fingerprint density at radius 3 is 2.24 bits per heavy atom. The molecule has 29 heavy (non-hydrogen) atoms. The maximum absolute atomic E-state index is 13.1. The summed E-state index contributed by atoms with van der Waals surface area (Å²) in [4.78, 5) is 34.4. The van der Waals surface area contributed by atoms with E-state index in [1.807, 2.05) is 4.90 Å². The molecular weight excluding hydrogens is 396 g/mol. The highest BCUT2D eigenvalue weighted by Crippen LogP contribution is 2.30. The van der Waals surface area contributed by atoms with Gasteiger partial charge in [0.15, 0.2) is 0 Å². The van der Waals surface area contributed by atoms with E-state index in [1.54, 1.807) is 18.5 Å². The highest BCUT2D eigenvalue weighted by molar-refractivity contribution is 7.89. The van der Waals surface area contributed by atoms with Crippen molar-refractivity contribution >= 4 is 39.2 Å². The highest BCUT2D eigenvalue weighted by Gasteiger charge is 2.31. The Morgan fingerprint density at radius 1 is 0.966 bits per heavy atom. The van der Waals surface area contributed by atoms with Crippen molar-refractivity contribution in [1.82, 2.24) is 14.3 Å². The molecular formula is C18H20N6O4S. The minimum absolute atomic E-state index is 0.0600. The number of anilines is 3. The van der Waals surface area contributed by atoms with Gasteiger partial charge in [-0.1, -0.05) is 0 Å². The fourth-order valence-corrected chi connectivity index (χ4v) is 4.68. The van der Waals surface area contributed by atoms with E-state index in [0.717, 1.165) is 0 Å². The Bertz CT molecular complexity index is 1050. The average molecular weight is 416 g/mol. The zero-order valence-electron chi connectivity index (χ0n) is 15.7. The summed E-state index contributed by atoms with van der Waals surface area (Å²) in [5.74, 6) is -1.21. The lowest BCUT2D eigenvalue weighted by Gasteiger charge is -2.34. The van der Waals surface area contributed by atoms with E-state index in [2.05, 4.69) is 20.6 Å². The number of sulfonamides is 1. The second-order valence-electron chi connectivity index (χ2n) is 6.85. The number of nitrogens with zero attached hydrogens (tertiary/aromatic N) is 4. The Balaban J connectivity index is 1.54. The first-order chi connectivity index (χ1) is 13.9. The molecule has 152 valence electrons. The Labute approximate surface area is 168 Å². The summed E-state index contributed by atoms with van der Waals surface area (Å²) in [7, 11) is -3.76. The van der Waals surface area contributed by atoms with Gasteiger partial charge in [-0.15, -0.1) is 0 Å². The van der Waals surface area contributed by atoms with Crippen LogP contribution in [0.15, 0.2) is 41.6 Å². The van der Waals surface area contributed by atoms with Crippen molar-refractivity contribution < 1.29 is 18.0 Å². The quantitative estimate of drug-likeness (QED) is 0.699. The molecule has 2 amide bonds. The minimum atomic E-state index is -3.76. The monoisotopic (exact) mass is 416 g/mol. The van der Waals surface area contributed by atoms with Crippen LogP contribution in [0.3, 0.4) is 0 Å². The van der Waals surface area contributed by atoms with Gasteiger partial charge in [0.1, 0.15) is 5.92 Å². The third-order valence-corrected chi connectivity index (χ3v) is 6.90. The third-order valence-electron chi connectivity index (χ3n) is 5.00. The molecule has 10 nitrogen and oxygen atoms in total. The molecule has 1 fully saturated rings. The summed E-state index contributed by atoms with van der Waals surface area (Å²) in [5, 5.41) is 5.25. The lowest BCUT2D eigenvalue weighted by atomic mass is 10.1. The van der Waals surface area contributed by atoms with Gasteiger partial charge in [0, 0.05) is 38.6 Å². The Morgan fingerprint density at radius 2 is 1.59 bits per heavy atom. The third kappa shape index (κ3) is 3.66. The number of nitrogens with one attached hydrogen (secondary N) is 2. The minimum Gasteiger partial charge on any atom is -0.338 e. The Hall–Kier alpha value is -3.05. The normalized spacial score (nSPS) is 20.4. The summed E-state index contributed by atoms with van der Waals surface area (Å²) in [6, 6.07) is 6.04. The maximum atomic E-state index is 13.1. The lowest BCUT2D eigenvalue weighted by molar-refractivity contribution is -0.128. The number of rotatable bonds is 3. The van der Waals surface area contributed by atoms with Crippen LogP contribution in [-0.4, -0.2) is 60.7 Å². The molecule has 1 unspecified atom stereocenters. The number of fused-ring (bicyclic) bond motifs is 1. The molecule has 2 aliphatic heterocycles. The fourth-order valence-electron chi connectivity index (χ4n) is 3.23. The SMILES string of the molecule is CC1C(=O)Nc2ccc(S(=O)(=O)N3CCN(c4ncccn4)CC3)cc2NC1=O. The van der Waals surface area contributed by atoms with E-state index in [1.165, 1.54) is 29.4 Å². The van der Waals surface area contributed by atoms with E-state index in [-0.39, 0.29) is 23.7 Å². The van der Waals surface area contributed by atoms with Crippen molar-refractivity contribution in [2.24, 2.45) is 5.92 Å². The van der Waals surface area contributed by atoms with Gasteiger partial charge in [0.2, 0.25) is 27.8 Å². The zero-order chi connectivity index (χ0) is 20.6. The summed E-state index contributed by atoms with van der Waals surface area (Å²) >= 11 is 0. The van der Waals surface area contributed by atoms with Crippen LogP contribution in [0, 0.1) is 5.92 Å². The lowest BCUT2D eigenvalue weighted by Crippen LogP contribution is -2.49. The number of hydrogen-bond donors (Lipinski definition) is 2. The zero-order valence-corrected chi connectivity index (χ0v) is 16.5. The van der Waals surface area contributed by atoms with E-state index >= 15 is 0 Å². The van der Waals surface area contributed by atoms with Crippen molar-refractivity contribution in [1.29, 1.82) is 0 Å². The topological polar surface area (TPSA) is 125 Å². The average Bonchev–Trinajstić information content (AvgIpc) is 2.84. The molecule has 2 aliphatic rings. The first-order valence-corrected chi connectivity index (χ1v) is 10.6. The van der Waals surface area contributed by atoms with E-state index < -0.39 is 27.8 Å². The molecule has 3 heterocycles. The van der Waals surface area contributed by atoms with Gasteiger partial charge >= 0.3 is 0 Å². The van der Waals surface area contributed by atoms with Gasteiger partial charge < -0.3 is 15.5 Å². The summed E-state index contributed by atoms with van der Waals surface area (Å²) in [5.41, 5.74) is 0.641. The molecule has 4 rings (SSSR count). The van der Waals surface area contributed by atoms with Crippen LogP contribution in [0.2, 0.25) is 0 Å². The van der Waals surface area contributed by atoms with Crippen LogP contribution >= 0.6 is 0 Å². The van der Waals surface area contributed by atoms with Crippen LogP contribution in [0.5, 0.6) is 0 Å². The van der Waals surface area contributed by atoms with Crippen molar-refractivity contribution in [3.63, 3.8) is 0 Å². The number of carbonyl (C=O) groups is 2. The molecule has 0 aliphatic carbocycles. The van der Waals surface area contributed by atoms with Crippen LogP contribution in [0.1, 0.15) is 6.92 Å². The number of aromatic nitrogens is 2. The van der Waals surface area contributed by atoms with Crippen molar-refractivity contribution in [2.45, 2.75) is 11.8 Å². The van der Waals surface area contributed by atoms with Crippen molar-refractivity contribution in [3.8, 4) is 0 Å². The molecule has 0 radical (unpaired) electrons. The predicted molar refractivity (Wildman–Crippen MR) is 106 cm³/mol. The number of hydrogen-bond acceptors (Lipinski definition) is 7. The maximum Gasteiger partial charge on any atom is 0.243 e. The van der Waals surface area contributed by atoms with E-state index in [4.69, 9.17) is 0 Å². The first kappa shape index (κ1) is 19.3. The summed E-state index contributed by atoms with van der Waals surface area (Å²) in [6.07, 6.45) is 3.30. The summed E-state index contributed by atoms with van der Waals surface area (Å²) in [6.45, 7) is 3.01. The van der Waals surface area contributed by atoms with Crippen LogP contribution in [0.25, 0.3) is 0 Å². The van der Waals surface area contributed by atoms with Gasteiger partial charge in [-0.3, -0.25) is 9.59 Å². The van der Waals surface area contributed by atoms with Gasteiger partial charge in [-0.2, -0.15) is 4.31 Å². The van der Waals surface area contributed by atoms with Gasteiger partial charge in [0.05, 0.1) is 16.3 Å². The summed E-state index contributed by atoms with van der Waals surface area (Å²) < 4.78 is 27.6. The number of benzene rings is 1. The van der Waals surface area contributed by atoms with Crippen LogP contribution in [0.4, 0.5) is 17.3 Å². The fraction of sp³-hybridized carbons (Fsp3) is 0.333. The standard InChI is InChI=1S/C18H20N6O4S/c1-12-16(25)21-14-4-3-13(11-15(14)22-17(12)26)29(27,28)24-9-7-23(8-10-24)18-19-5-2-6-20-18/h2-6,11-12H,7-10H2,1H3,(H,21,25)(H,22,26). The number of carbonyl (C=O) groups excluding carboxylic acids is 2. The molecule has 1 aromatic heterocycles. The molecule has 0 spiro atoms. The highest BCUT2D eigenvalue weighted by atomic mass is 32.2. The second-order valence-corrected chi connectivity index (χ2v) is 8.79. The second kappa shape index (κ2) is 7.41. The van der Waals surface area contributed by atoms with E-state index in [0.29, 0.717) is 24.7 Å². The number of piperazine rings is 1. The molecule has 2 N–H and O–H groups in total. The van der Waals surface area contributed by atoms with Crippen molar-refractivity contribution in [2.75, 3.05) is 41.7 Å². The van der Waals surface area contributed by atoms with Gasteiger partial charge in [-0.25, -0.2) is 18.4 Å². The molecule has 2 aromatic rings. The van der Waals surface area contributed by atoms with Gasteiger partial charge in [0.25, 0.3) is 0 Å². The van der Waals surface area contributed by atoms with Crippen LogP contribution < -0.4 is 15.5 Å². The largest absolute Gasteiger partial charge is 0.338 e. The smallest absolute Gasteiger partial charge is 0.243 e. The van der Waals surface area contributed by atoms with Crippen molar-refractivity contribution in [3.05, 3.63) is 36.7 Å².